The molecule has 0 aromatic heterocycles. The van der Waals surface area contributed by atoms with E-state index >= 15 is 0 Å². The van der Waals surface area contributed by atoms with Gasteiger partial charge in [-0.2, -0.15) is 0 Å². The average molecular weight is 308 g/mol. The summed E-state index contributed by atoms with van der Waals surface area (Å²) < 4.78 is 13.7. The van der Waals surface area contributed by atoms with Crippen LogP contribution >= 0.6 is 15.9 Å². The molecule has 0 amide bonds. The molecule has 94 valence electrons. The first-order chi connectivity index (χ1) is 8.49. The highest BCUT2D eigenvalue weighted by Crippen LogP contribution is 2.26. The summed E-state index contributed by atoms with van der Waals surface area (Å²) >= 11 is 3.19. The number of halogens is 2. The highest BCUT2D eigenvalue weighted by molar-refractivity contribution is 9.10. The standard InChI is InChI=1S/C15H15BrFN/c1-9-3-5-12(10(2)7-9)15(18)11-4-6-14(17)13(16)8-11/h3-8,15H,18H2,1-2H3. The maximum Gasteiger partial charge on any atom is 0.137 e. The number of benzene rings is 2. The minimum Gasteiger partial charge on any atom is -0.320 e. The number of rotatable bonds is 2. The number of nitrogens with two attached hydrogens (primary N) is 1. The largest absolute Gasteiger partial charge is 0.320 e. The molecule has 3 heteroatoms. The molecule has 1 atom stereocenters. The molecular formula is C15H15BrFN. The molecular weight excluding hydrogens is 293 g/mol. The van der Waals surface area contributed by atoms with E-state index in [4.69, 9.17) is 5.73 Å². The third kappa shape index (κ3) is 2.62. The van der Waals surface area contributed by atoms with Crippen molar-refractivity contribution < 1.29 is 4.39 Å². The molecule has 2 rings (SSSR count). The molecule has 0 aliphatic rings. The maximum absolute atomic E-state index is 13.2. The maximum atomic E-state index is 13.2. The van der Waals surface area contributed by atoms with Crippen LogP contribution < -0.4 is 5.73 Å². The first-order valence-corrected chi connectivity index (χ1v) is 6.56. The van der Waals surface area contributed by atoms with Crippen molar-refractivity contribution in [2.45, 2.75) is 19.9 Å². The highest BCUT2D eigenvalue weighted by Gasteiger charge is 2.12. The second-order valence-corrected chi connectivity index (χ2v) is 5.37. The van der Waals surface area contributed by atoms with Gasteiger partial charge in [-0.1, -0.05) is 29.8 Å². The number of hydrogen-bond donors (Lipinski definition) is 1. The monoisotopic (exact) mass is 307 g/mol. The predicted octanol–water partition coefficient (Wildman–Crippen LogP) is 4.25. The fourth-order valence-electron chi connectivity index (χ4n) is 2.06. The van der Waals surface area contributed by atoms with E-state index in [0.717, 1.165) is 16.7 Å². The predicted molar refractivity (Wildman–Crippen MR) is 76.0 cm³/mol. The summed E-state index contributed by atoms with van der Waals surface area (Å²) in [6.45, 7) is 4.09. The van der Waals surface area contributed by atoms with E-state index < -0.39 is 0 Å². The summed E-state index contributed by atoms with van der Waals surface area (Å²) in [6.07, 6.45) is 0. The Morgan fingerprint density at radius 2 is 1.83 bits per heavy atom. The molecule has 0 aliphatic heterocycles. The van der Waals surface area contributed by atoms with Gasteiger partial charge in [0, 0.05) is 0 Å². The van der Waals surface area contributed by atoms with Gasteiger partial charge < -0.3 is 5.73 Å². The van der Waals surface area contributed by atoms with E-state index in [1.807, 2.05) is 19.1 Å². The Hall–Kier alpha value is -1.19. The van der Waals surface area contributed by atoms with Gasteiger partial charge in [0.15, 0.2) is 0 Å². The van der Waals surface area contributed by atoms with Gasteiger partial charge in [-0.25, -0.2) is 4.39 Å². The Kier molecular flexibility index (Phi) is 3.83. The van der Waals surface area contributed by atoms with Crippen molar-refractivity contribution in [3.8, 4) is 0 Å². The zero-order chi connectivity index (χ0) is 13.3. The fourth-order valence-corrected chi connectivity index (χ4v) is 2.46. The Morgan fingerprint density at radius 1 is 1.11 bits per heavy atom. The normalized spacial score (nSPS) is 12.5. The van der Waals surface area contributed by atoms with Crippen molar-refractivity contribution in [1.82, 2.24) is 0 Å². The van der Waals surface area contributed by atoms with E-state index in [9.17, 15) is 4.39 Å². The van der Waals surface area contributed by atoms with Crippen LogP contribution in [0, 0.1) is 19.7 Å². The molecule has 0 spiro atoms. The van der Waals surface area contributed by atoms with E-state index in [1.54, 1.807) is 12.1 Å². The third-order valence-electron chi connectivity index (χ3n) is 3.06. The van der Waals surface area contributed by atoms with Gasteiger partial charge >= 0.3 is 0 Å². The summed E-state index contributed by atoms with van der Waals surface area (Å²) in [6, 6.07) is 10.8. The minimum atomic E-state index is -0.272. The Bertz CT molecular complexity index is 581. The van der Waals surface area contributed by atoms with Crippen LogP contribution in [0.5, 0.6) is 0 Å². The zero-order valence-corrected chi connectivity index (χ0v) is 12.0. The van der Waals surface area contributed by atoms with Gasteiger partial charge in [-0.05, 0) is 58.6 Å². The minimum absolute atomic E-state index is 0.234. The van der Waals surface area contributed by atoms with Crippen LogP contribution in [0.25, 0.3) is 0 Å². The van der Waals surface area contributed by atoms with Gasteiger partial charge in [0.1, 0.15) is 5.82 Å². The quantitative estimate of drug-likeness (QED) is 0.881. The summed E-state index contributed by atoms with van der Waals surface area (Å²) in [7, 11) is 0. The van der Waals surface area contributed by atoms with Crippen molar-refractivity contribution in [3.63, 3.8) is 0 Å². The molecule has 1 nitrogen and oxygen atoms in total. The SMILES string of the molecule is Cc1ccc(C(N)c2ccc(F)c(Br)c2)c(C)c1. The molecule has 2 aromatic rings. The van der Waals surface area contributed by atoms with Crippen molar-refractivity contribution in [2.24, 2.45) is 5.73 Å². The third-order valence-corrected chi connectivity index (χ3v) is 3.67. The Morgan fingerprint density at radius 3 is 2.44 bits per heavy atom. The topological polar surface area (TPSA) is 26.0 Å². The van der Waals surface area contributed by atoms with Crippen molar-refractivity contribution in [2.75, 3.05) is 0 Å². The number of aryl methyl sites for hydroxylation is 2. The zero-order valence-electron chi connectivity index (χ0n) is 10.4. The lowest BCUT2D eigenvalue weighted by Gasteiger charge is -2.16. The van der Waals surface area contributed by atoms with Crippen LogP contribution in [0.2, 0.25) is 0 Å². The smallest absolute Gasteiger partial charge is 0.137 e. The van der Waals surface area contributed by atoms with Crippen molar-refractivity contribution >= 4 is 15.9 Å². The molecule has 1 unspecified atom stereocenters. The molecule has 2 aromatic carbocycles. The molecule has 0 fully saturated rings. The average Bonchev–Trinajstić information content (AvgIpc) is 2.32. The fraction of sp³-hybridized carbons (Fsp3) is 0.200. The molecule has 0 bridgehead atoms. The van der Waals surface area contributed by atoms with Gasteiger partial charge in [0.05, 0.1) is 10.5 Å². The van der Waals surface area contributed by atoms with Crippen LogP contribution in [0.4, 0.5) is 4.39 Å². The molecule has 2 N–H and O–H groups in total. The number of hydrogen-bond acceptors (Lipinski definition) is 1. The van der Waals surface area contributed by atoms with Gasteiger partial charge in [0.25, 0.3) is 0 Å². The van der Waals surface area contributed by atoms with E-state index in [0.29, 0.717) is 4.47 Å². The molecule has 0 saturated heterocycles. The van der Waals surface area contributed by atoms with Gasteiger partial charge in [-0.15, -0.1) is 0 Å². The molecule has 0 aliphatic carbocycles. The van der Waals surface area contributed by atoms with Crippen molar-refractivity contribution in [3.05, 3.63) is 68.9 Å². The first-order valence-electron chi connectivity index (χ1n) is 5.76. The van der Waals surface area contributed by atoms with Crippen LogP contribution in [-0.2, 0) is 0 Å². The molecule has 0 saturated carbocycles. The summed E-state index contributed by atoms with van der Waals surface area (Å²) in [5, 5.41) is 0. The van der Waals surface area contributed by atoms with Crippen molar-refractivity contribution in [1.29, 1.82) is 0 Å². The Balaban J connectivity index is 2.41. The van der Waals surface area contributed by atoms with Crippen LogP contribution in [0.15, 0.2) is 40.9 Å². The highest BCUT2D eigenvalue weighted by atomic mass is 79.9. The van der Waals surface area contributed by atoms with Crippen LogP contribution in [0.1, 0.15) is 28.3 Å². The van der Waals surface area contributed by atoms with E-state index in [-0.39, 0.29) is 11.9 Å². The molecule has 0 radical (unpaired) electrons. The first kappa shape index (κ1) is 13.2. The summed E-state index contributed by atoms with van der Waals surface area (Å²) in [4.78, 5) is 0. The van der Waals surface area contributed by atoms with Crippen LogP contribution in [0.3, 0.4) is 0 Å². The summed E-state index contributed by atoms with van der Waals surface area (Å²) in [5.41, 5.74) is 10.6. The van der Waals surface area contributed by atoms with Gasteiger partial charge in [0.2, 0.25) is 0 Å². The van der Waals surface area contributed by atoms with Gasteiger partial charge in [-0.3, -0.25) is 0 Å². The lowest BCUT2D eigenvalue weighted by atomic mass is 9.94. The second-order valence-electron chi connectivity index (χ2n) is 4.51. The Labute approximate surface area is 115 Å². The lowest BCUT2D eigenvalue weighted by molar-refractivity contribution is 0.619. The van der Waals surface area contributed by atoms with E-state index in [1.165, 1.54) is 11.6 Å². The molecule has 18 heavy (non-hydrogen) atoms. The lowest BCUT2D eigenvalue weighted by Crippen LogP contribution is -2.13. The summed E-state index contributed by atoms with van der Waals surface area (Å²) in [5.74, 6) is -0.272. The van der Waals surface area contributed by atoms with E-state index in [2.05, 4.69) is 28.9 Å². The van der Waals surface area contributed by atoms with Crippen LogP contribution in [-0.4, -0.2) is 0 Å². The second kappa shape index (κ2) is 5.21. The molecule has 0 heterocycles.